The standard InChI is InChI=1S/C18H16N4OS2/c1-3-13-7-14-17(19-10-20-18(14)25-13)24-9-12-6-16(23)22-8-11(2)4-5-15(22)21-12/h4-8,10H,3,9H2,1-2H3. The van der Waals surface area contributed by atoms with Gasteiger partial charge >= 0.3 is 0 Å². The van der Waals surface area contributed by atoms with E-state index in [2.05, 4.69) is 27.9 Å². The molecule has 0 atom stereocenters. The van der Waals surface area contributed by atoms with Crippen LogP contribution in [0, 0.1) is 6.92 Å². The van der Waals surface area contributed by atoms with Gasteiger partial charge in [-0.15, -0.1) is 11.3 Å². The predicted molar refractivity (Wildman–Crippen MR) is 103 cm³/mol. The van der Waals surface area contributed by atoms with Crippen molar-refractivity contribution in [2.75, 3.05) is 0 Å². The van der Waals surface area contributed by atoms with E-state index in [1.54, 1.807) is 39.9 Å². The zero-order chi connectivity index (χ0) is 17.4. The second kappa shape index (κ2) is 6.57. The summed E-state index contributed by atoms with van der Waals surface area (Å²) in [6, 6.07) is 7.60. The molecule has 0 aliphatic heterocycles. The largest absolute Gasteiger partial charge is 0.269 e. The van der Waals surface area contributed by atoms with Gasteiger partial charge in [0.1, 0.15) is 21.8 Å². The molecular weight excluding hydrogens is 352 g/mol. The number of thioether (sulfide) groups is 1. The maximum atomic E-state index is 12.3. The molecule has 0 radical (unpaired) electrons. The van der Waals surface area contributed by atoms with Gasteiger partial charge in [0.05, 0.1) is 5.69 Å². The Hall–Kier alpha value is -2.25. The third-order valence-electron chi connectivity index (χ3n) is 3.91. The molecule has 0 aromatic carbocycles. The molecule has 4 aromatic rings. The van der Waals surface area contributed by atoms with E-state index in [1.807, 2.05) is 25.3 Å². The van der Waals surface area contributed by atoms with Crippen LogP contribution in [-0.2, 0) is 12.2 Å². The van der Waals surface area contributed by atoms with E-state index in [4.69, 9.17) is 0 Å². The number of nitrogens with zero attached hydrogens (tertiary/aromatic N) is 4. The van der Waals surface area contributed by atoms with E-state index in [-0.39, 0.29) is 5.56 Å². The molecule has 0 saturated carbocycles. The van der Waals surface area contributed by atoms with Crippen LogP contribution in [0.3, 0.4) is 0 Å². The Morgan fingerprint density at radius 1 is 1.24 bits per heavy atom. The molecule has 0 saturated heterocycles. The van der Waals surface area contributed by atoms with Gasteiger partial charge in [0.15, 0.2) is 0 Å². The summed E-state index contributed by atoms with van der Waals surface area (Å²) in [5, 5.41) is 2.02. The van der Waals surface area contributed by atoms with Crippen molar-refractivity contribution < 1.29 is 0 Å². The van der Waals surface area contributed by atoms with Crippen molar-refractivity contribution in [1.29, 1.82) is 0 Å². The van der Waals surface area contributed by atoms with Gasteiger partial charge in [-0.1, -0.05) is 24.8 Å². The van der Waals surface area contributed by atoms with E-state index >= 15 is 0 Å². The van der Waals surface area contributed by atoms with E-state index < -0.39 is 0 Å². The molecule has 0 unspecified atom stereocenters. The molecular formula is C18H16N4OS2. The lowest BCUT2D eigenvalue weighted by Crippen LogP contribution is -2.15. The van der Waals surface area contributed by atoms with Gasteiger partial charge in [-0.05, 0) is 31.0 Å². The van der Waals surface area contributed by atoms with Gasteiger partial charge in [0, 0.05) is 28.3 Å². The molecule has 4 aromatic heterocycles. The van der Waals surface area contributed by atoms with Gasteiger partial charge in [0.25, 0.3) is 5.56 Å². The summed E-state index contributed by atoms with van der Waals surface area (Å²) in [4.78, 5) is 28.0. The Labute approximate surface area is 152 Å². The van der Waals surface area contributed by atoms with Crippen LogP contribution in [-0.4, -0.2) is 19.4 Å². The fourth-order valence-electron chi connectivity index (χ4n) is 2.65. The van der Waals surface area contributed by atoms with E-state index in [9.17, 15) is 4.79 Å². The lowest BCUT2D eigenvalue weighted by atomic mass is 10.3. The highest BCUT2D eigenvalue weighted by molar-refractivity contribution is 7.98. The number of aromatic nitrogens is 4. The van der Waals surface area contributed by atoms with E-state index in [0.717, 1.165) is 32.9 Å². The summed E-state index contributed by atoms with van der Waals surface area (Å²) in [5.41, 5.74) is 2.41. The lowest BCUT2D eigenvalue weighted by molar-refractivity contribution is 1.000. The Morgan fingerprint density at radius 2 is 2.12 bits per heavy atom. The topological polar surface area (TPSA) is 60.2 Å². The van der Waals surface area contributed by atoms with Gasteiger partial charge in [-0.3, -0.25) is 9.20 Å². The maximum absolute atomic E-state index is 12.3. The Kier molecular flexibility index (Phi) is 4.27. The zero-order valence-electron chi connectivity index (χ0n) is 13.9. The summed E-state index contributed by atoms with van der Waals surface area (Å²) in [7, 11) is 0. The predicted octanol–water partition coefficient (Wildman–Crippen LogP) is 3.86. The first kappa shape index (κ1) is 16.2. The molecule has 0 aliphatic rings. The first-order valence-electron chi connectivity index (χ1n) is 7.99. The molecule has 7 heteroatoms. The average Bonchev–Trinajstić information content (AvgIpc) is 3.04. The fourth-order valence-corrected chi connectivity index (χ4v) is 4.51. The summed E-state index contributed by atoms with van der Waals surface area (Å²) < 4.78 is 1.58. The van der Waals surface area contributed by atoms with Crippen LogP contribution in [0.5, 0.6) is 0 Å². The second-order valence-corrected chi connectivity index (χ2v) is 7.85. The van der Waals surface area contributed by atoms with Crippen molar-refractivity contribution in [3.8, 4) is 0 Å². The first-order chi connectivity index (χ1) is 12.1. The number of fused-ring (bicyclic) bond motifs is 2. The summed E-state index contributed by atoms with van der Waals surface area (Å²) in [6.07, 6.45) is 4.41. The van der Waals surface area contributed by atoms with Crippen LogP contribution >= 0.6 is 23.1 Å². The third kappa shape index (κ3) is 3.17. The normalized spacial score (nSPS) is 11.4. The molecule has 5 nitrogen and oxygen atoms in total. The van der Waals surface area contributed by atoms with Crippen LogP contribution in [0.15, 0.2) is 46.6 Å². The summed E-state index contributed by atoms with van der Waals surface area (Å²) in [5.74, 6) is 0.600. The van der Waals surface area contributed by atoms with Crippen molar-refractivity contribution in [2.45, 2.75) is 31.0 Å². The highest BCUT2D eigenvalue weighted by atomic mass is 32.2. The number of thiophene rings is 1. The quantitative estimate of drug-likeness (QED) is 0.404. The second-order valence-electron chi connectivity index (χ2n) is 5.77. The van der Waals surface area contributed by atoms with Gasteiger partial charge < -0.3 is 0 Å². The average molecular weight is 368 g/mol. The molecule has 25 heavy (non-hydrogen) atoms. The number of hydrogen-bond acceptors (Lipinski definition) is 6. The summed E-state index contributed by atoms with van der Waals surface area (Å²) in [6.45, 7) is 4.10. The number of pyridine rings is 1. The van der Waals surface area contributed by atoms with Crippen molar-refractivity contribution in [3.63, 3.8) is 0 Å². The highest BCUT2D eigenvalue weighted by Gasteiger charge is 2.10. The minimum atomic E-state index is -0.0547. The smallest absolute Gasteiger partial charge is 0.258 e. The molecule has 0 amide bonds. The molecule has 0 fully saturated rings. The van der Waals surface area contributed by atoms with Crippen LogP contribution < -0.4 is 5.56 Å². The van der Waals surface area contributed by atoms with Gasteiger partial charge in [-0.2, -0.15) is 0 Å². The minimum absolute atomic E-state index is 0.0547. The Bertz CT molecular complexity index is 1130. The van der Waals surface area contributed by atoms with E-state index in [1.165, 1.54) is 4.88 Å². The van der Waals surface area contributed by atoms with Gasteiger partial charge in [0.2, 0.25) is 0 Å². The molecule has 126 valence electrons. The fraction of sp³-hybridized carbons (Fsp3) is 0.222. The lowest BCUT2D eigenvalue weighted by Gasteiger charge is -2.05. The van der Waals surface area contributed by atoms with Crippen molar-refractivity contribution >= 4 is 39.0 Å². The highest BCUT2D eigenvalue weighted by Crippen LogP contribution is 2.32. The van der Waals surface area contributed by atoms with Crippen LogP contribution in [0.4, 0.5) is 0 Å². The summed E-state index contributed by atoms with van der Waals surface area (Å²) >= 11 is 3.30. The maximum Gasteiger partial charge on any atom is 0.258 e. The minimum Gasteiger partial charge on any atom is -0.269 e. The monoisotopic (exact) mass is 368 g/mol. The van der Waals surface area contributed by atoms with Gasteiger partial charge in [-0.25, -0.2) is 15.0 Å². The molecule has 0 spiro atoms. The molecule has 0 aliphatic carbocycles. The van der Waals surface area contributed by atoms with Crippen molar-refractivity contribution in [3.05, 3.63) is 63.3 Å². The molecule has 0 N–H and O–H groups in total. The molecule has 0 bridgehead atoms. The Morgan fingerprint density at radius 3 is 2.96 bits per heavy atom. The number of hydrogen-bond donors (Lipinski definition) is 0. The molecule has 4 heterocycles. The van der Waals surface area contributed by atoms with Crippen LogP contribution in [0.1, 0.15) is 23.1 Å². The molecule has 4 rings (SSSR count). The third-order valence-corrected chi connectivity index (χ3v) is 6.14. The first-order valence-corrected chi connectivity index (χ1v) is 9.79. The Balaban J connectivity index is 1.65. The zero-order valence-corrected chi connectivity index (χ0v) is 15.5. The van der Waals surface area contributed by atoms with Crippen LogP contribution in [0.2, 0.25) is 0 Å². The van der Waals surface area contributed by atoms with E-state index in [0.29, 0.717) is 11.4 Å². The van der Waals surface area contributed by atoms with Crippen molar-refractivity contribution in [1.82, 2.24) is 19.4 Å². The van der Waals surface area contributed by atoms with Crippen molar-refractivity contribution in [2.24, 2.45) is 0 Å². The SMILES string of the molecule is CCc1cc2c(SCc3cc(=O)n4cc(C)ccc4n3)ncnc2s1. The number of rotatable bonds is 4. The number of aryl methyl sites for hydroxylation is 2. The van der Waals surface area contributed by atoms with Crippen LogP contribution in [0.25, 0.3) is 15.9 Å².